The van der Waals surface area contributed by atoms with Crippen LogP contribution in [0.4, 0.5) is 10.1 Å². The van der Waals surface area contributed by atoms with Crippen molar-refractivity contribution in [2.45, 2.75) is 17.9 Å². The maximum absolute atomic E-state index is 14.2. The average molecular weight is 299 g/mol. The zero-order chi connectivity index (χ0) is 14.5. The van der Waals surface area contributed by atoms with Gasteiger partial charge in [-0.2, -0.15) is 0 Å². The van der Waals surface area contributed by atoms with Crippen molar-refractivity contribution in [2.24, 2.45) is 17.0 Å². The minimum atomic E-state index is -3.86. The number of anilines is 1. The Bertz CT molecular complexity index is 635. The summed E-state index contributed by atoms with van der Waals surface area (Å²) in [6, 6.07) is 4.13. The Kier molecular flexibility index (Phi) is 3.23. The fourth-order valence-electron chi connectivity index (χ4n) is 3.38. The van der Waals surface area contributed by atoms with Crippen molar-refractivity contribution in [3.63, 3.8) is 0 Å². The summed E-state index contributed by atoms with van der Waals surface area (Å²) in [6.45, 7) is 4.80. The van der Waals surface area contributed by atoms with Crippen LogP contribution in [0, 0.1) is 17.7 Å². The first-order chi connectivity index (χ1) is 9.38. The van der Waals surface area contributed by atoms with Crippen LogP contribution in [0.15, 0.2) is 23.1 Å². The SMILES string of the molecule is CC1C2CNCC2CN1c1ccc(S(N)(=O)=O)cc1F. The lowest BCUT2D eigenvalue weighted by molar-refractivity contribution is 0.470. The highest BCUT2D eigenvalue weighted by Crippen LogP contribution is 2.37. The van der Waals surface area contributed by atoms with Gasteiger partial charge in [0.25, 0.3) is 0 Å². The molecule has 0 bridgehead atoms. The van der Waals surface area contributed by atoms with Gasteiger partial charge in [0, 0.05) is 25.7 Å². The van der Waals surface area contributed by atoms with Crippen LogP contribution in [0.1, 0.15) is 6.92 Å². The number of rotatable bonds is 2. The molecule has 2 aliphatic rings. The van der Waals surface area contributed by atoms with Crippen molar-refractivity contribution in [1.82, 2.24) is 5.32 Å². The molecule has 2 fully saturated rings. The first-order valence-corrected chi connectivity index (χ1v) is 8.22. The van der Waals surface area contributed by atoms with E-state index in [1.165, 1.54) is 12.1 Å². The minimum Gasteiger partial charge on any atom is -0.366 e. The molecule has 7 heteroatoms. The van der Waals surface area contributed by atoms with Crippen LogP contribution in [-0.4, -0.2) is 34.1 Å². The third-order valence-electron chi connectivity index (χ3n) is 4.49. The minimum absolute atomic E-state index is 0.188. The third kappa shape index (κ3) is 2.19. The molecule has 2 saturated heterocycles. The molecule has 1 aromatic rings. The van der Waals surface area contributed by atoms with E-state index in [0.717, 1.165) is 25.7 Å². The third-order valence-corrected chi connectivity index (χ3v) is 5.40. The van der Waals surface area contributed by atoms with Crippen LogP contribution < -0.4 is 15.4 Å². The molecular formula is C13H18FN3O2S. The Balaban J connectivity index is 1.92. The van der Waals surface area contributed by atoms with E-state index < -0.39 is 15.8 Å². The molecule has 3 atom stereocenters. The lowest BCUT2D eigenvalue weighted by Crippen LogP contribution is -2.33. The summed E-state index contributed by atoms with van der Waals surface area (Å²) in [5.41, 5.74) is 0.458. The van der Waals surface area contributed by atoms with Crippen LogP contribution in [-0.2, 0) is 10.0 Å². The first-order valence-electron chi connectivity index (χ1n) is 6.67. The van der Waals surface area contributed by atoms with E-state index in [0.29, 0.717) is 17.5 Å². The fourth-order valence-corrected chi connectivity index (χ4v) is 3.91. The summed E-state index contributed by atoms with van der Waals surface area (Å²) in [7, 11) is -3.86. The fraction of sp³-hybridized carbons (Fsp3) is 0.538. The van der Waals surface area contributed by atoms with Gasteiger partial charge in [0.15, 0.2) is 0 Å². The van der Waals surface area contributed by atoms with E-state index in [9.17, 15) is 12.8 Å². The second kappa shape index (κ2) is 4.68. The van der Waals surface area contributed by atoms with Crippen LogP contribution in [0.3, 0.4) is 0 Å². The molecule has 0 spiro atoms. The maximum Gasteiger partial charge on any atom is 0.238 e. The highest BCUT2D eigenvalue weighted by Gasteiger charge is 2.42. The zero-order valence-electron chi connectivity index (χ0n) is 11.2. The second-order valence-electron chi connectivity index (χ2n) is 5.63. The molecule has 2 aliphatic heterocycles. The Hall–Kier alpha value is -1.18. The zero-order valence-corrected chi connectivity index (χ0v) is 12.0. The smallest absolute Gasteiger partial charge is 0.238 e. The van der Waals surface area contributed by atoms with Crippen molar-refractivity contribution in [2.75, 3.05) is 24.5 Å². The van der Waals surface area contributed by atoms with E-state index in [-0.39, 0.29) is 10.9 Å². The van der Waals surface area contributed by atoms with Crippen molar-refractivity contribution >= 4 is 15.7 Å². The Morgan fingerprint density at radius 3 is 2.75 bits per heavy atom. The van der Waals surface area contributed by atoms with Gasteiger partial charge in [-0.1, -0.05) is 0 Å². The number of benzene rings is 1. The predicted octanol–water partition coefficient (Wildman–Crippen LogP) is 0.517. The van der Waals surface area contributed by atoms with Gasteiger partial charge in [-0.25, -0.2) is 17.9 Å². The number of halogens is 1. The summed E-state index contributed by atoms with van der Waals surface area (Å²) in [4.78, 5) is 1.84. The van der Waals surface area contributed by atoms with Gasteiger partial charge in [-0.05, 0) is 37.0 Å². The molecule has 20 heavy (non-hydrogen) atoms. The normalized spacial score (nSPS) is 29.8. The number of nitrogens with two attached hydrogens (primary N) is 1. The number of hydrogen-bond acceptors (Lipinski definition) is 4. The topological polar surface area (TPSA) is 75.4 Å². The van der Waals surface area contributed by atoms with E-state index in [1.807, 2.05) is 4.90 Å². The molecule has 0 aliphatic carbocycles. The maximum atomic E-state index is 14.2. The molecular weight excluding hydrogens is 281 g/mol. The molecule has 3 rings (SSSR count). The van der Waals surface area contributed by atoms with E-state index in [4.69, 9.17) is 5.14 Å². The molecule has 0 amide bonds. The van der Waals surface area contributed by atoms with E-state index in [2.05, 4.69) is 12.2 Å². The first kappa shape index (κ1) is 13.8. The monoisotopic (exact) mass is 299 g/mol. The van der Waals surface area contributed by atoms with Gasteiger partial charge in [0.2, 0.25) is 10.0 Å². The summed E-state index contributed by atoms with van der Waals surface area (Å²) in [6.07, 6.45) is 0. The molecule has 0 aromatic heterocycles. The van der Waals surface area contributed by atoms with Crippen molar-refractivity contribution in [3.05, 3.63) is 24.0 Å². The van der Waals surface area contributed by atoms with Crippen molar-refractivity contribution in [1.29, 1.82) is 0 Å². The standard InChI is InChI=1S/C13H18FN3O2S/c1-8-11-6-16-5-9(11)7-17(8)13-3-2-10(4-12(13)14)20(15,18)19/h2-4,8-9,11,16H,5-7H2,1H3,(H2,15,18,19). The Labute approximate surface area is 118 Å². The van der Waals surface area contributed by atoms with Crippen LogP contribution in [0.25, 0.3) is 0 Å². The van der Waals surface area contributed by atoms with Gasteiger partial charge in [0.05, 0.1) is 10.6 Å². The highest BCUT2D eigenvalue weighted by molar-refractivity contribution is 7.89. The summed E-state index contributed by atoms with van der Waals surface area (Å²) in [5, 5.41) is 8.37. The summed E-state index contributed by atoms with van der Waals surface area (Å²) < 4.78 is 36.7. The second-order valence-corrected chi connectivity index (χ2v) is 7.19. The van der Waals surface area contributed by atoms with Gasteiger partial charge >= 0.3 is 0 Å². The average Bonchev–Trinajstić information content (AvgIpc) is 2.92. The van der Waals surface area contributed by atoms with Gasteiger partial charge in [-0.15, -0.1) is 0 Å². The molecule has 2 heterocycles. The molecule has 3 N–H and O–H groups in total. The number of hydrogen-bond donors (Lipinski definition) is 2. The molecule has 5 nitrogen and oxygen atoms in total. The van der Waals surface area contributed by atoms with Crippen molar-refractivity contribution in [3.8, 4) is 0 Å². The van der Waals surface area contributed by atoms with E-state index in [1.54, 1.807) is 0 Å². The summed E-state index contributed by atoms with van der Waals surface area (Å²) >= 11 is 0. The van der Waals surface area contributed by atoms with Gasteiger partial charge < -0.3 is 10.2 Å². The summed E-state index contributed by atoms with van der Waals surface area (Å²) in [5.74, 6) is 0.519. The number of nitrogens with zero attached hydrogens (tertiary/aromatic N) is 1. The molecule has 3 unspecified atom stereocenters. The predicted molar refractivity (Wildman–Crippen MR) is 74.4 cm³/mol. The lowest BCUT2D eigenvalue weighted by Gasteiger charge is -2.27. The molecule has 110 valence electrons. The lowest BCUT2D eigenvalue weighted by atomic mass is 9.95. The van der Waals surface area contributed by atoms with Crippen LogP contribution in [0.2, 0.25) is 0 Å². The molecule has 0 saturated carbocycles. The van der Waals surface area contributed by atoms with Gasteiger partial charge in [0.1, 0.15) is 5.82 Å². The molecule has 1 aromatic carbocycles. The Morgan fingerprint density at radius 1 is 1.40 bits per heavy atom. The number of primary sulfonamides is 1. The van der Waals surface area contributed by atoms with E-state index >= 15 is 0 Å². The largest absolute Gasteiger partial charge is 0.366 e. The Morgan fingerprint density at radius 2 is 2.15 bits per heavy atom. The number of sulfonamides is 1. The highest BCUT2D eigenvalue weighted by atomic mass is 32.2. The quantitative estimate of drug-likeness (QED) is 0.835. The number of fused-ring (bicyclic) bond motifs is 1. The van der Waals surface area contributed by atoms with Crippen LogP contribution >= 0.6 is 0 Å². The number of nitrogens with one attached hydrogen (secondary N) is 1. The van der Waals surface area contributed by atoms with Crippen LogP contribution in [0.5, 0.6) is 0 Å². The van der Waals surface area contributed by atoms with Crippen molar-refractivity contribution < 1.29 is 12.8 Å². The molecule has 0 radical (unpaired) electrons. The van der Waals surface area contributed by atoms with Gasteiger partial charge in [-0.3, -0.25) is 0 Å².